The highest BCUT2D eigenvalue weighted by atomic mass is 32.1. The number of hydrogen-bond donors (Lipinski definition) is 1. The van der Waals surface area contributed by atoms with Gasteiger partial charge in [-0.15, -0.1) is 12.6 Å². The Morgan fingerprint density at radius 3 is 2.93 bits per heavy atom. The summed E-state index contributed by atoms with van der Waals surface area (Å²) >= 11 is 4.30. The molecule has 0 radical (unpaired) electrons. The lowest BCUT2D eigenvalue weighted by Gasteiger charge is -2.00. The second-order valence-electron chi connectivity index (χ2n) is 3.15. The SMILES string of the molecule is CCOC(=O)C=Cc1cc(C)ccc1S. The highest BCUT2D eigenvalue weighted by Crippen LogP contribution is 2.16. The molecule has 0 spiro atoms. The van der Waals surface area contributed by atoms with E-state index in [0.29, 0.717) is 6.61 Å². The monoisotopic (exact) mass is 222 g/mol. The maximum absolute atomic E-state index is 11.1. The molecule has 0 aromatic heterocycles. The molecule has 0 amide bonds. The van der Waals surface area contributed by atoms with Crippen LogP contribution in [0.4, 0.5) is 0 Å². The third kappa shape index (κ3) is 3.80. The molecule has 0 atom stereocenters. The van der Waals surface area contributed by atoms with Crippen molar-refractivity contribution in [2.75, 3.05) is 6.61 Å². The van der Waals surface area contributed by atoms with E-state index in [-0.39, 0.29) is 5.97 Å². The molecule has 0 fully saturated rings. The normalized spacial score (nSPS) is 10.6. The van der Waals surface area contributed by atoms with Gasteiger partial charge in [-0.2, -0.15) is 0 Å². The molecule has 0 aliphatic rings. The van der Waals surface area contributed by atoms with E-state index < -0.39 is 0 Å². The van der Waals surface area contributed by atoms with Gasteiger partial charge in [-0.3, -0.25) is 0 Å². The topological polar surface area (TPSA) is 26.3 Å². The molecule has 0 aliphatic carbocycles. The molecule has 0 unspecified atom stereocenters. The number of carbonyl (C=O) groups excluding carboxylic acids is 1. The van der Waals surface area contributed by atoms with Crippen LogP contribution in [0.2, 0.25) is 0 Å². The van der Waals surface area contributed by atoms with E-state index in [1.165, 1.54) is 6.08 Å². The molecule has 0 saturated carbocycles. The molecule has 0 bridgehead atoms. The largest absolute Gasteiger partial charge is 0.463 e. The van der Waals surface area contributed by atoms with Crippen molar-refractivity contribution in [2.24, 2.45) is 0 Å². The fraction of sp³-hybridized carbons (Fsp3) is 0.250. The van der Waals surface area contributed by atoms with Gasteiger partial charge in [0.05, 0.1) is 6.61 Å². The third-order valence-corrected chi connectivity index (χ3v) is 2.28. The zero-order chi connectivity index (χ0) is 11.3. The van der Waals surface area contributed by atoms with Crippen LogP contribution >= 0.6 is 12.6 Å². The number of rotatable bonds is 3. The Bertz CT molecular complexity index is 383. The Balaban J connectivity index is 2.79. The predicted molar refractivity (Wildman–Crippen MR) is 64.1 cm³/mol. The summed E-state index contributed by atoms with van der Waals surface area (Å²) in [6, 6.07) is 5.85. The minimum absolute atomic E-state index is 0.327. The Morgan fingerprint density at radius 1 is 1.53 bits per heavy atom. The fourth-order valence-corrected chi connectivity index (χ4v) is 1.37. The van der Waals surface area contributed by atoms with Crippen LogP contribution in [0.5, 0.6) is 0 Å². The van der Waals surface area contributed by atoms with Gasteiger partial charge in [0.2, 0.25) is 0 Å². The van der Waals surface area contributed by atoms with Crippen LogP contribution in [-0.4, -0.2) is 12.6 Å². The molecule has 15 heavy (non-hydrogen) atoms. The van der Waals surface area contributed by atoms with Crippen molar-refractivity contribution < 1.29 is 9.53 Å². The van der Waals surface area contributed by atoms with Crippen LogP contribution in [0.25, 0.3) is 6.08 Å². The minimum Gasteiger partial charge on any atom is -0.463 e. The molecule has 0 heterocycles. The molecule has 1 aromatic carbocycles. The first-order valence-electron chi connectivity index (χ1n) is 4.78. The Morgan fingerprint density at radius 2 is 2.27 bits per heavy atom. The molecule has 0 saturated heterocycles. The molecular formula is C12H14O2S. The number of carbonyl (C=O) groups is 1. The first kappa shape index (κ1) is 11.9. The summed E-state index contributed by atoms with van der Waals surface area (Å²) in [5.41, 5.74) is 2.06. The lowest BCUT2D eigenvalue weighted by Crippen LogP contribution is -1.98. The lowest BCUT2D eigenvalue weighted by molar-refractivity contribution is -0.137. The summed E-state index contributed by atoms with van der Waals surface area (Å²) in [6.07, 6.45) is 3.13. The summed E-state index contributed by atoms with van der Waals surface area (Å²) in [5, 5.41) is 0. The van der Waals surface area contributed by atoms with E-state index in [9.17, 15) is 4.79 Å². The van der Waals surface area contributed by atoms with Crippen molar-refractivity contribution >= 4 is 24.7 Å². The van der Waals surface area contributed by atoms with Crippen molar-refractivity contribution in [3.8, 4) is 0 Å². The van der Waals surface area contributed by atoms with Crippen molar-refractivity contribution in [3.63, 3.8) is 0 Å². The highest BCUT2D eigenvalue weighted by molar-refractivity contribution is 7.80. The fourth-order valence-electron chi connectivity index (χ4n) is 1.16. The van der Waals surface area contributed by atoms with E-state index in [4.69, 9.17) is 4.74 Å². The van der Waals surface area contributed by atoms with Crippen molar-refractivity contribution in [3.05, 3.63) is 35.4 Å². The van der Waals surface area contributed by atoms with Crippen LogP contribution < -0.4 is 0 Å². The quantitative estimate of drug-likeness (QED) is 0.483. The van der Waals surface area contributed by atoms with Crippen molar-refractivity contribution in [2.45, 2.75) is 18.7 Å². The number of benzene rings is 1. The zero-order valence-electron chi connectivity index (χ0n) is 8.86. The summed E-state index contributed by atoms with van der Waals surface area (Å²) in [6.45, 7) is 4.17. The van der Waals surface area contributed by atoms with Crippen molar-refractivity contribution in [1.29, 1.82) is 0 Å². The minimum atomic E-state index is -0.327. The molecule has 1 rings (SSSR count). The predicted octanol–water partition coefficient (Wildman–Crippen LogP) is 2.86. The molecule has 0 aliphatic heterocycles. The Kier molecular flexibility index (Phi) is 4.43. The second-order valence-corrected chi connectivity index (χ2v) is 3.63. The van der Waals surface area contributed by atoms with Gasteiger partial charge in [0, 0.05) is 11.0 Å². The van der Waals surface area contributed by atoms with Gasteiger partial charge in [0.1, 0.15) is 0 Å². The average molecular weight is 222 g/mol. The van der Waals surface area contributed by atoms with E-state index in [0.717, 1.165) is 16.0 Å². The van der Waals surface area contributed by atoms with Crippen LogP contribution in [0.3, 0.4) is 0 Å². The van der Waals surface area contributed by atoms with E-state index in [2.05, 4.69) is 12.6 Å². The van der Waals surface area contributed by atoms with Crippen molar-refractivity contribution in [1.82, 2.24) is 0 Å². The molecule has 1 aromatic rings. The van der Waals surface area contributed by atoms with Gasteiger partial charge in [0.25, 0.3) is 0 Å². The van der Waals surface area contributed by atoms with E-state index >= 15 is 0 Å². The van der Waals surface area contributed by atoms with Gasteiger partial charge in [-0.05, 0) is 31.6 Å². The van der Waals surface area contributed by atoms with Crippen LogP contribution in [0, 0.1) is 6.92 Å². The molecule has 2 nitrogen and oxygen atoms in total. The second kappa shape index (κ2) is 5.61. The van der Waals surface area contributed by atoms with E-state index in [1.54, 1.807) is 13.0 Å². The van der Waals surface area contributed by atoms with E-state index in [1.807, 2.05) is 25.1 Å². The number of ether oxygens (including phenoxy) is 1. The smallest absolute Gasteiger partial charge is 0.330 e. The van der Waals surface area contributed by atoms with Crippen LogP contribution in [0.1, 0.15) is 18.1 Å². The summed E-state index contributed by atoms with van der Waals surface area (Å²) in [4.78, 5) is 11.9. The highest BCUT2D eigenvalue weighted by Gasteiger charge is 1.97. The maximum Gasteiger partial charge on any atom is 0.330 e. The summed E-state index contributed by atoms with van der Waals surface area (Å²) in [7, 11) is 0. The van der Waals surface area contributed by atoms with Crippen LogP contribution in [-0.2, 0) is 9.53 Å². The Hall–Kier alpha value is -1.22. The molecule has 80 valence electrons. The zero-order valence-corrected chi connectivity index (χ0v) is 9.75. The van der Waals surface area contributed by atoms with Crippen LogP contribution in [0.15, 0.2) is 29.2 Å². The van der Waals surface area contributed by atoms with Gasteiger partial charge in [-0.25, -0.2) is 4.79 Å². The third-order valence-electron chi connectivity index (χ3n) is 1.87. The number of aryl methyl sites for hydroxylation is 1. The van der Waals surface area contributed by atoms with Gasteiger partial charge in [0.15, 0.2) is 0 Å². The average Bonchev–Trinajstić information content (AvgIpc) is 2.20. The summed E-state index contributed by atoms with van der Waals surface area (Å²) in [5.74, 6) is -0.327. The molecule has 0 N–H and O–H groups in total. The first-order chi connectivity index (χ1) is 7.13. The van der Waals surface area contributed by atoms with Gasteiger partial charge < -0.3 is 4.74 Å². The lowest BCUT2D eigenvalue weighted by atomic mass is 10.1. The maximum atomic E-state index is 11.1. The molecular weight excluding hydrogens is 208 g/mol. The number of hydrogen-bond acceptors (Lipinski definition) is 3. The summed E-state index contributed by atoms with van der Waals surface area (Å²) < 4.78 is 4.78. The first-order valence-corrected chi connectivity index (χ1v) is 5.22. The number of thiol groups is 1. The Labute approximate surface area is 95.4 Å². The standard InChI is InChI=1S/C12H14O2S/c1-3-14-12(13)7-5-10-8-9(2)4-6-11(10)15/h4-8,15H,3H2,1-2H3. The molecule has 3 heteroatoms. The van der Waals surface area contributed by atoms with Gasteiger partial charge in [-0.1, -0.05) is 17.7 Å². The van der Waals surface area contributed by atoms with Gasteiger partial charge >= 0.3 is 5.97 Å². The number of esters is 1.